The minimum Gasteiger partial charge on any atom is -0.344 e. The zero-order valence-electron chi connectivity index (χ0n) is 16.4. The van der Waals surface area contributed by atoms with Crippen molar-refractivity contribution < 1.29 is 13.2 Å². The predicted octanol–water partition coefficient (Wildman–Crippen LogP) is 1.24. The van der Waals surface area contributed by atoms with Gasteiger partial charge in [0.1, 0.15) is 0 Å². The zero-order valence-corrected chi connectivity index (χ0v) is 17.2. The van der Waals surface area contributed by atoms with Crippen LogP contribution in [0.3, 0.4) is 0 Å². The molecule has 1 aromatic carbocycles. The highest BCUT2D eigenvalue weighted by atomic mass is 32.2. The number of hydrogen-bond acceptors (Lipinski definition) is 5. The summed E-state index contributed by atoms with van der Waals surface area (Å²) < 4.78 is 27.6. The standard InChI is InChI=1S/C20H28N4O3S/c1-22(10-4-9-21)20(25)16-23-11-13-24(14-12-23)28(26,27)19-8-7-17-5-2-3-6-18(17)15-19/h7-8,15H,2-6,10-14,16H2,1H3. The average Bonchev–Trinajstić information content (AvgIpc) is 2.72. The largest absolute Gasteiger partial charge is 0.344 e. The Labute approximate surface area is 167 Å². The van der Waals surface area contributed by atoms with E-state index >= 15 is 0 Å². The van der Waals surface area contributed by atoms with Gasteiger partial charge in [-0.15, -0.1) is 0 Å². The van der Waals surface area contributed by atoms with Gasteiger partial charge in [0.05, 0.1) is 23.9 Å². The molecule has 3 rings (SSSR count). The molecule has 0 aromatic heterocycles. The first-order chi connectivity index (χ1) is 13.4. The van der Waals surface area contributed by atoms with E-state index in [9.17, 15) is 13.2 Å². The molecule has 1 saturated heterocycles. The van der Waals surface area contributed by atoms with E-state index in [0.29, 0.717) is 44.0 Å². The number of benzene rings is 1. The van der Waals surface area contributed by atoms with Crippen LogP contribution >= 0.6 is 0 Å². The molecule has 0 bridgehead atoms. The summed E-state index contributed by atoms with van der Waals surface area (Å²) in [6.07, 6.45) is 4.59. The zero-order chi connectivity index (χ0) is 20.1. The Morgan fingerprint density at radius 3 is 2.50 bits per heavy atom. The summed E-state index contributed by atoms with van der Waals surface area (Å²) in [7, 11) is -1.81. The normalized spacial score (nSPS) is 18.3. The Balaban J connectivity index is 1.58. The van der Waals surface area contributed by atoms with Crippen molar-refractivity contribution in [2.24, 2.45) is 0 Å². The molecular weight excluding hydrogens is 376 g/mol. The van der Waals surface area contributed by atoms with E-state index in [-0.39, 0.29) is 12.5 Å². The number of hydrogen-bond donors (Lipinski definition) is 0. The number of rotatable bonds is 6. The molecule has 152 valence electrons. The quantitative estimate of drug-likeness (QED) is 0.712. The van der Waals surface area contributed by atoms with Crippen molar-refractivity contribution in [2.45, 2.75) is 37.0 Å². The van der Waals surface area contributed by atoms with E-state index in [0.717, 1.165) is 24.8 Å². The smallest absolute Gasteiger partial charge is 0.243 e. The van der Waals surface area contributed by atoms with Crippen molar-refractivity contribution in [3.8, 4) is 6.07 Å². The van der Waals surface area contributed by atoms with Gasteiger partial charge in [-0.05, 0) is 48.9 Å². The van der Waals surface area contributed by atoms with Crippen LogP contribution in [0.5, 0.6) is 0 Å². The van der Waals surface area contributed by atoms with E-state index in [1.165, 1.54) is 16.3 Å². The summed E-state index contributed by atoms with van der Waals surface area (Å²) in [6, 6.07) is 7.59. The topological polar surface area (TPSA) is 84.7 Å². The van der Waals surface area contributed by atoms with E-state index in [2.05, 4.69) is 0 Å². The third-order valence-corrected chi connectivity index (χ3v) is 7.53. The fourth-order valence-corrected chi connectivity index (χ4v) is 5.28. The highest BCUT2D eigenvalue weighted by Crippen LogP contribution is 2.26. The number of carbonyl (C=O) groups excluding carboxylic acids is 1. The molecule has 0 atom stereocenters. The van der Waals surface area contributed by atoms with Crippen LogP contribution in [0, 0.1) is 11.3 Å². The molecule has 1 heterocycles. The maximum atomic E-state index is 13.0. The van der Waals surface area contributed by atoms with E-state index in [1.54, 1.807) is 18.0 Å². The fourth-order valence-electron chi connectivity index (χ4n) is 3.80. The second kappa shape index (κ2) is 9.03. The molecule has 2 aliphatic rings. The van der Waals surface area contributed by atoms with Crippen LogP contribution in [-0.2, 0) is 27.7 Å². The van der Waals surface area contributed by atoms with Gasteiger partial charge < -0.3 is 4.90 Å². The third-order valence-electron chi connectivity index (χ3n) is 5.63. The Morgan fingerprint density at radius 2 is 1.82 bits per heavy atom. The van der Waals surface area contributed by atoms with Gasteiger partial charge >= 0.3 is 0 Å². The SMILES string of the molecule is CN(CCC#N)C(=O)CN1CCN(S(=O)(=O)c2ccc3c(c2)CCCC3)CC1. The average molecular weight is 405 g/mol. The fraction of sp³-hybridized carbons (Fsp3) is 0.600. The second-order valence-electron chi connectivity index (χ2n) is 7.54. The molecule has 7 nitrogen and oxygen atoms in total. The van der Waals surface area contributed by atoms with E-state index in [4.69, 9.17) is 5.26 Å². The summed E-state index contributed by atoms with van der Waals surface area (Å²) in [6.45, 7) is 2.50. The van der Waals surface area contributed by atoms with Crippen LogP contribution in [0.15, 0.2) is 23.1 Å². The Morgan fingerprint density at radius 1 is 1.14 bits per heavy atom. The first kappa shape index (κ1) is 20.8. The number of fused-ring (bicyclic) bond motifs is 1. The lowest BCUT2D eigenvalue weighted by Crippen LogP contribution is -2.51. The van der Waals surface area contributed by atoms with Crippen molar-refractivity contribution in [3.05, 3.63) is 29.3 Å². The first-order valence-electron chi connectivity index (χ1n) is 9.87. The molecule has 1 amide bonds. The van der Waals surface area contributed by atoms with Gasteiger partial charge in [-0.3, -0.25) is 9.69 Å². The molecule has 8 heteroatoms. The number of sulfonamides is 1. The van der Waals surface area contributed by atoms with E-state index in [1.807, 2.05) is 23.1 Å². The Kier molecular flexibility index (Phi) is 6.70. The molecule has 0 radical (unpaired) electrons. The van der Waals surface area contributed by atoms with Gasteiger partial charge in [0.25, 0.3) is 0 Å². The molecular formula is C20H28N4O3S. The molecule has 1 aliphatic heterocycles. The summed E-state index contributed by atoms with van der Waals surface area (Å²) in [5.41, 5.74) is 2.44. The molecule has 1 fully saturated rings. The lowest BCUT2D eigenvalue weighted by Gasteiger charge is -2.34. The van der Waals surface area contributed by atoms with Crippen LogP contribution in [-0.4, -0.2) is 74.7 Å². The lowest BCUT2D eigenvalue weighted by molar-refractivity contribution is -0.131. The molecule has 0 spiro atoms. The highest BCUT2D eigenvalue weighted by molar-refractivity contribution is 7.89. The van der Waals surface area contributed by atoms with E-state index < -0.39 is 10.0 Å². The van der Waals surface area contributed by atoms with Crippen molar-refractivity contribution in [1.29, 1.82) is 5.26 Å². The number of likely N-dealkylation sites (N-methyl/N-ethyl adjacent to an activating group) is 1. The van der Waals surface area contributed by atoms with Crippen LogP contribution < -0.4 is 0 Å². The monoisotopic (exact) mass is 404 g/mol. The van der Waals surface area contributed by atoms with Gasteiger partial charge in [0.2, 0.25) is 15.9 Å². The van der Waals surface area contributed by atoms with Crippen molar-refractivity contribution in [2.75, 3.05) is 46.3 Å². The number of piperazine rings is 1. The summed E-state index contributed by atoms with van der Waals surface area (Å²) in [4.78, 5) is 16.1. The molecule has 0 unspecified atom stereocenters. The van der Waals surface area contributed by atoms with Crippen molar-refractivity contribution in [1.82, 2.24) is 14.1 Å². The van der Waals surface area contributed by atoms with Crippen molar-refractivity contribution in [3.63, 3.8) is 0 Å². The second-order valence-corrected chi connectivity index (χ2v) is 9.48. The molecule has 1 aromatic rings. The minimum absolute atomic E-state index is 0.0405. The Bertz CT molecular complexity index is 855. The van der Waals surface area contributed by atoms with Crippen molar-refractivity contribution >= 4 is 15.9 Å². The predicted molar refractivity (Wildman–Crippen MR) is 106 cm³/mol. The highest BCUT2D eigenvalue weighted by Gasteiger charge is 2.30. The first-order valence-corrected chi connectivity index (χ1v) is 11.3. The number of nitriles is 1. The number of aryl methyl sites for hydroxylation is 2. The maximum absolute atomic E-state index is 13.0. The van der Waals surface area contributed by atoms with Gasteiger partial charge in [0, 0.05) is 39.8 Å². The van der Waals surface area contributed by atoms with Crippen LogP contribution in [0.1, 0.15) is 30.4 Å². The lowest BCUT2D eigenvalue weighted by atomic mass is 9.92. The maximum Gasteiger partial charge on any atom is 0.243 e. The summed E-state index contributed by atoms with van der Waals surface area (Å²) in [5.74, 6) is -0.0405. The van der Waals surface area contributed by atoms with Crippen LogP contribution in [0.4, 0.5) is 0 Å². The third kappa shape index (κ3) is 4.72. The number of carbonyl (C=O) groups is 1. The van der Waals surface area contributed by atoms with Gasteiger partial charge in [0.15, 0.2) is 0 Å². The van der Waals surface area contributed by atoms with Gasteiger partial charge in [-0.2, -0.15) is 9.57 Å². The van der Waals surface area contributed by atoms with Gasteiger partial charge in [-0.25, -0.2) is 8.42 Å². The molecule has 0 N–H and O–H groups in total. The van der Waals surface area contributed by atoms with Crippen LogP contribution in [0.25, 0.3) is 0 Å². The summed E-state index contributed by atoms with van der Waals surface area (Å²) in [5, 5.41) is 8.62. The van der Waals surface area contributed by atoms with Gasteiger partial charge in [-0.1, -0.05) is 6.07 Å². The van der Waals surface area contributed by atoms with Crippen LogP contribution in [0.2, 0.25) is 0 Å². The minimum atomic E-state index is -3.50. The number of nitrogens with zero attached hydrogens (tertiary/aromatic N) is 4. The number of amides is 1. The Hall–Kier alpha value is -1.95. The molecule has 1 aliphatic carbocycles. The molecule has 0 saturated carbocycles. The summed E-state index contributed by atoms with van der Waals surface area (Å²) >= 11 is 0. The molecule has 28 heavy (non-hydrogen) atoms.